The second kappa shape index (κ2) is 28.6. The van der Waals surface area contributed by atoms with Crippen LogP contribution in [0, 0.1) is 27.7 Å². The molecule has 0 unspecified atom stereocenters. The van der Waals surface area contributed by atoms with E-state index in [2.05, 4.69) is 140 Å². The smallest absolute Gasteiger partial charge is 0.305 e. The van der Waals surface area contributed by atoms with Crippen molar-refractivity contribution in [3.8, 4) is 11.5 Å². The van der Waals surface area contributed by atoms with Gasteiger partial charge in [-0.1, -0.05) is 151 Å². The van der Waals surface area contributed by atoms with Crippen LogP contribution in [0.25, 0.3) is 12.2 Å². The summed E-state index contributed by atoms with van der Waals surface area (Å²) in [4.78, 5) is 22.2. The molecule has 0 heterocycles. The van der Waals surface area contributed by atoms with E-state index in [4.69, 9.17) is 19.3 Å². The Balaban J connectivity index is 0.000000274. The molecule has 4 aromatic rings. The van der Waals surface area contributed by atoms with Crippen LogP contribution in [0.4, 0.5) is 0 Å². The molecule has 8 nitrogen and oxygen atoms in total. The number of unbranched alkanes of at least 4 members (excludes halogenated alkanes) is 2. The summed E-state index contributed by atoms with van der Waals surface area (Å²) in [5, 5.41) is 30.5. The van der Waals surface area contributed by atoms with Crippen molar-refractivity contribution in [1.29, 1.82) is 0 Å². The van der Waals surface area contributed by atoms with Gasteiger partial charge in [-0.3, -0.25) is 9.59 Å². The van der Waals surface area contributed by atoms with Gasteiger partial charge in [0.2, 0.25) is 0 Å². The Hall–Kier alpha value is -5.18. The lowest BCUT2D eigenvalue weighted by Gasteiger charge is -2.34. The van der Waals surface area contributed by atoms with Crippen molar-refractivity contribution < 1.29 is 39.1 Å². The normalized spacial score (nSPS) is 15.7. The second-order valence-electron chi connectivity index (χ2n) is 21.5. The summed E-state index contributed by atoms with van der Waals surface area (Å²) >= 11 is 0. The number of hydrogen-bond acceptors (Lipinski definition) is 7. The van der Waals surface area contributed by atoms with Gasteiger partial charge in [0.15, 0.2) is 0 Å². The summed E-state index contributed by atoms with van der Waals surface area (Å²) in [6.45, 7) is 21.0. The van der Waals surface area contributed by atoms with E-state index in [-0.39, 0.29) is 23.2 Å². The Labute approximate surface area is 446 Å². The Morgan fingerprint density at radius 3 is 1.22 bits per heavy atom. The lowest BCUT2D eigenvalue weighted by atomic mass is 9.70. The highest BCUT2D eigenvalue weighted by Gasteiger charge is 2.33. The highest BCUT2D eigenvalue weighted by Crippen LogP contribution is 2.43. The van der Waals surface area contributed by atoms with E-state index in [1.807, 2.05) is 19.1 Å². The maximum Gasteiger partial charge on any atom is 0.305 e. The van der Waals surface area contributed by atoms with E-state index in [9.17, 15) is 19.8 Å². The van der Waals surface area contributed by atoms with Crippen LogP contribution < -0.4 is 9.47 Å². The lowest BCUT2D eigenvalue weighted by molar-refractivity contribution is -0.143. The molecule has 2 aliphatic rings. The van der Waals surface area contributed by atoms with Crippen molar-refractivity contribution in [2.45, 2.75) is 213 Å². The summed E-state index contributed by atoms with van der Waals surface area (Å²) in [5.41, 5.74) is 10.9. The number of esters is 1. The first-order valence-corrected chi connectivity index (χ1v) is 28.4. The van der Waals surface area contributed by atoms with Crippen LogP contribution in [0.2, 0.25) is 0 Å². The largest absolute Gasteiger partial charge is 0.493 e. The van der Waals surface area contributed by atoms with Gasteiger partial charge in [-0.15, -0.1) is 0 Å². The number of carbonyl (C=O) groups is 2. The summed E-state index contributed by atoms with van der Waals surface area (Å²) in [5.74, 6) is 0.881. The molecule has 3 N–H and O–H groups in total. The van der Waals surface area contributed by atoms with Crippen LogP contribution in [-0.4, -0.2) is 58.3 Å². The second-order valence-corrected chi connectivity index (χ2v) is 21.5. The first-order chi connectivity index (χ1) is 35.5. The summed E-state index contributed by atoms with van der Waals surface area (Å²) in [6, 6.07) is 26.7. The van der Waals surface area contributed by atoms with Crippen LogP contribution in [0.3, 0.4) is 0 Å². The van der Waals surface area contributed by atoms with Crippen molar-refractivity contribution in [2.24, 2.45) is 0 Å². The number of benzene rings is 4. The number of carboxylic acids is 1. The van der Waals surface area contributed by atoms with Gasteiger partial charge < -0.3 is 29.5 Å². The molecule has 2 aliphatic carbocycles. The van der Waals surface area contributed by atoms with Gasteiger partial charge in [0.05, 0.1) is 31.0 Å². The van der Waals surface area contributed by atoms with E-state index in [0.29, 0.717) is 32.7 Å². The topological polar surface area (TPSA) is 123 Å². The number of hydrogen-bond donors (Lipinski definition) is 3. The van der Waals surface area contributed by atoms with Crippen LogP contribution in [0.15, 0.2) is 84.9 Å². The molecule has 404 valence electrons. The highest BCUT2D eigenvalue weighted by atomic mass is 16.5. The molecule has 74 heavy (non-hydrogen) atoms. The van der Waals surface area contributed by atoms with Crippen molar-refractivity contribution in [3.63, 3.8) is 0 Å². The molecule has 2 fully saturated rings. The van der Waals surface area contributed by atoms with E-state index in [0.717, 1.165) is 119 Å². The minimum atomic E-state index is -0.758. The number of ether oxygens (including phenoxy) is 3. The molecule has 0 bridgehead atoms. The highest BCUT2D eigenvalue weighted by molar-refractivity contribution is 5.69. The predicted molar refractivity (Wildman–Crippen MR) is 305 cm³/mol. The van der Waals surface area contributed by atoms with Gasteiger partial charge in [0.25, 0.3) is 0 Å². The predicted octanol–water partition coefficient (Wildman–Crippen LogP) is 16.0. The zero-order valence-corrected chi connectivity index (χ0v) is 46.9. The maximum absolute atomic E-state index is 11.5. The van der Waals surface area contributed by atoms with E-state index in [1.165, 1.54) is 57.3 Å². The number of rotatable bonds is 25. The zero-order valence-electron chi connectivity index (χ0n) is 46.9. The van der Waals surface area contributed by atoms with Gasteiger partial charge >= 0.3 is 11.9 Å². The van der Waals surface area contributed by atoms with Crippen molar-refractivity contribution in [1.82, 2.24) is 0 Å². The van der Waals surface area contributed by atoms with Crippen LogP contribution in [0.5, 0.6) is 11.5 Å². The molecule has 0 radical (unpaired) electrons. The summed E-state index contributed by atoms with van der Waals surface area (Å²) < 4.78 is 17.0. The van der Waals surface area contributed by atoms with Crippen LogP contribution in [0.1, 0.15) is 219 Å². The van der Waals surface area contributed by atoms with Gasteiger partial charge in [-0.05, 0) is 179 Å². The molecular formula is C66H92O8. The van der Waals surface area contributed by atoms with Gasteiger partial charge in [0, 0.05) is 23.7 Å². The molecule has 6 rings (SSSR count). The molecule has 4 aromatic carbocycles. The fourth-order valence-corrected chi connectivity index (χ4v) is 11.5. The van der Waals surface area contributed by atoms with Crippen LogP contribution >= 0.6 is 0 Å². The fraction of sp³-hybridized carbons (Fsp3) is 0.545. The molecule has 2 saturated carbocycles. The summed E-state index contributed by atoms with van der Waals surface area (Å²) in [7, 11) is 0. The first-order valence-electron chi connectivity index (χ1n) is 28.4. The van der Waals surface area contributed by atoms with Gasteiger partial charge in [-0.25, -0.2) is 0 Å². The number of aliphatic carboxylic acids is 1. The average Bonchev–Trinajstić information content (AvgIpc) is 3.38. The average molecular weight is 1010 g/mol. The number of carbonyl (C=O) groups excluding carboxylic acids is 1. The number of carboxylic acid groups (broad SMARTS) is 1. The quantitative estimate of drug-likeness (QED) is 0.0443. The zero-order chi connectivity index (χ0) is 53.8. The standard InChI is InChI=1S/C34H48O4.C32H44O4/c1-6-34(7-2,29-16-15-28(26(4)24-29)19-22-33(36)20-11-9-12-21-33)30-17-18-31(27(5)25-30)38-23-13-10-14-32(35)37-8-3;1-5-32(6-2,28-15-16-29(25(4)23-28)36-21-11-8-12-30(33)34)27-14-13-26(24(3)22-27)17-20-31(35)18-9-7-10-19-31/h15-19,22,24-25,36H,6-14,20-21,23H2,1-5H3;13-17,20,22-23,35H,5-12,18-19,21H2,1-4H3,(H,33,34)/b22-19+;20-17+. The molecule has 0 spiro atoms. The third kappa shape index (κ3) is 16.2. The minimum Gasteiger partial charge on any atom is -0.493 e. The SMILES string of the molecule is CCC(CC)(c1ccc(/C=C/C2(O)CCCCC2)c(C)c1)c1ccc(OCCCCC(=O)O)c(C)c1.CCOC(=O)CCCCOc1ccc(C(CC)(CC)c2ccc(/C=C/C3(O)CCCCC3)c(C)c2)cc1C. The molecular weight excluding hydrogens is 921 g/mol. The first kappa shape index (κ1) is 59.7. The minimum absolute atomic E-state index is 0.0719. The molecule has 0 atom stereocenters. The van der Waals surface area contributed by atoms with Gasteiger partial charge in [0.1, 0.15) is 11.5 Å². The van der Waals surface area contributed by atoms with E-state index < -0.39 is 17.2 Å². The van der Waals surface area contributed by atoms with Crippen molar-refractivity contribution >= 4 is 24.1 Å². The maximum atomic E-state index is 11.5. The molecule has 0 amide bonds. The lowest BCUT2D eigenvalue weighted by Crippen LogP contribution is -2.28. The molecule has 0 aliphatic heterocycles. The number of aliphatic hydroxyl groups is 2. The Morgan fingerprint density at radius 2 is 0.878 bits per heavy atom. The van der Waals surface area contributed by atoms with Crippen molar-refractivity contribution in [3.05, 3.63) is 141 Å². The van der Waals surface area contributed by atoms with E-state index >= 15 is 0 Å². The Morgan fingerprint density at radius 1 is 0.514 bits per heavy atom. The fourth-order valence-electron chi connectivity index (χ4n) is 11.5. The molecule has 8 heteroatoms. The van der Waals surface area contributed by atoms with Gasteiger partial charge in [-0.2, -0.15) is 0 Å². The van der Waals surface area contributed by atoms with Crippen molar-refractivity contribution in [2.75, 3.05) is 19.8 Å². The Bertz CT molecular complexity index is 2460. The summed E-state index contributed by atoms with van der Waals surface area (Å²) in [6.07, 6.45) is 26.2. The van der Waals surface area contributed by atoms with E-state index in [1.54, 1.807) is 0 Å². The molecule has 0 aromatic heterocycles. The molecule has 0 saturated heterocycles. The Kier molecular flexibility index (Phi) is 23.1. The monoisotopic (exact) mass is 1010 g/mol. The third-order valence-electron chi connectivity index (χ3n) is 16.5. The third-order valence-corrected chi connectivity index (χ3v) is 16.5. The number of aryl methyl sites for hydroxylation is 4. The van der Waals surface area contributed by atoms with Crippen LogP contribution in [-0.2, 0) is 25.2 Å².